The number of hydrogen-bond acceptors (Lipinski definition) is 4. The lowest BCUT2D eigenvalue weighted by Crippen LogP contribution is -2.36. The van der Waals surface area contributed by atoms with Gasteiger partial charge in [0.1, 0.15) is 0 Å². The maximum atomic E-state index is 5.80. The van der Waals surface area contributed by atoms with Gasteiger partial charge < -0.3 is 10.6 Å². The highest BCUT2D eigenvalue weighted by Crippen LogP contribution is 2.25. The summed E-state index contributed by atoms with van der Waals surface area (Å²) in [7, 11) is 0. The summed E-state index contributed by atoms with van der Waals surface area (Å²) >= 11 is 3.48. The fraction of sp³-hybridized carbons (Fsp3) is 0.333. The Labute approximate surface area is 127 Å². The van der Waals surface area contributed by atoms with E-state index in [-0.39, 0.29) is 0 Å². The number of halogens is 1. The van der Waals surface area contributed by atoms with Gasteiger partial charge in [-0.05, 0) is 30.5 Å². The van der Waals surface area contributed by atoms with Crippen molar-refractivity contribution in [2.24, 2.45) is 5.73 Å². The van der Waals surface area contributed by atoms with E-state index in [4.69, 9.17) is 5.73 Å². The molecule has 1 unspecified atom stereocenters. The molecular formula is C15H17BrN4. The third-order valence-corrected chi connectivity index (χ3v) is 4.20. The van der Waals surface area contributed by atoms with Gasteiger partial charge >= 0.3 is 0 Å². The fourth-order valence-corrected chi connectivity index (χ4v) is 3.03. The minimum Gasteiger partial charge on any atom is -0.337 e. The van der Waals surface area contributed by atoms with Crippen molar-refractivity contribution < 1.29 is 0 Å². The summed E-state index contributed by atoms with van der Waals surface area (Å²) in [6, 6.07) is 8.53. The van der Waals surface area contributed by atoms with Crippen LogP contribution in [0.2, 0.25) is 0 Å². The van der Waals surface area contributed by atoms with Crippen LogP contribution in [0, 0.1) is 0 Å². The Balaban J connectivity index is 1.84. The van der Waals surface area contributed by atoms with Crippen LogP contribution in [0.4, 0.5) is 5.95 Å². The number of benzene rings is 1. The van der Waals surface area contributed by atoms with E-state index >= 15 is 0 Å². The lowest BCUT2D eigenvalue weighted by Gasteiger charge is -2.23. The molecule has 0 saturated carbocycles. The molecular weight excluding hydrogens is 316 g/mol. The normalized spacial score (nSPS) is 18.5. The van der Waals surface area contributed by atoms with Crippen molar-refractivity contribution in [2.45, 2.75) is 18.9 Å². The molecule has 0 spiro atoms. The third kappa shape index (κ3) is 2.69. The number of nitrogens with zero attached hydrogens (tertiary/aromatic N) is 3. The van der Waals surface area contributed by atoms with Crippen molar-refractivity contribution in [1.82, 2.24) is 9.97 Å². The Morgan fingerprint density at radius 2 is 2.05 bits per heavy atom. The van der Waals surface area contributed by atoms with E-state index in [1.807, 2.05) is 24.5 Å². The quantitative estimate of drug-likeness (QED) is 0.938. The van der Waals surface area contributed by atoms with Gasteiger partial charge in [0.25, 0.3) is 0 Å². The fourth-order valence-electron chi connectivity index (χ4n) is 2.63. The SMILES string of the molecule is NCC1CCCN1c1ncc(-c2cccc(Br)c2)cn1. The van der Waals surface area contributed by atoms with Crippen LogP contribution in [0.3, 0.4) is 0 Å². The second-order valence-electron chi connectivity index (χ2n) is 5.01. The molecule has 5 heteroatoms. The highest BCUT2D eigenvalue weighted by molar-refractivity contribution is 9.10. The van der Waals surface area contributed by atoms with Crippen molar-refractivity contribution in [1.29, 1.82) is 0 Å². The van der Waals surface area contributed by atoms with E-state index in [2.05, 4.69) is 42.9 Å². The minimum absolute atomic E-state index is 0.381. The summed E-state index contributed by atoms with van der Waals surface area (Å²) in [4.78, 5) is 11.2. The average Bonchev–Trinajstić information content (AvgIpc) is 2.96. The highest BCUT2D eigenvalue weighted by atomic mass is 79.9. The van der Waals surface area contributed by atoms with Crippen molar-refractivity contribution in [3.05, 3.63) is 41.1 Å². The molecule has 1 aromatic heterocycles. The van der Waals surface area contributed by atoms with E-state index in [1.54, 1.807) is 0 Å². The van der Waals surface area contributed by atoms with Crippen molar-refractivity contribution >= 4 is 21.9 Å². The summed E-state index contributed by atoms with van der Waals surface area (Å²) in [6.07, 6.45) is 6.07. The first-order chi connectivity index (χ1) is 9.78. The second-order valence-corrected chi connectivity index (χ2v) is 5.92. The van der Waals surface area contributed by atoms with Crippen LogP contribution in [-0.2, 0) is 0 Å². The Hall–Kier alpha value is -1.46. The van der Waals surface area contributed by atoms with Gasteiger partial charge in [-0.1, -0.05) is 28.1 Å². The van der Waals surface area contributed by atoms with E-state index in [0.717, 1.165) is 34.5 Å². The van der Waals surface area contributed by atoms with Crippen LogP contribution in [0.15, 0.2) is 41.1 Å². The number of anilines is 1. The van der Waals surface area contributed by atoms with E-state index < -0.39 is 0 Å². The molecule has 1 saturated heterocycles. The molecule has 2 heterocycles. The molecule has 2 N–H and O–H groups in total. The van der Waals surface area contributed by atoms with Crippen LogP contribution < -0.4 is 10.6 Å². The number of nitrogens with two attached hydrogens (primary N) is 1. The Morgan fingerprint density at radius 3 is 2.75 bits per heavy atom. The van der Waals surface area contributed by atoms with Gasteiger partial charge in [-0.25, -0.2) is 9.97 Å². The number of rotatable bonds is 3. The molecule has 2 aromatic rings. The standard InChI is InChI=1S/C15H17BrN4/c16-13-4-1-3-11(7-13)12-9-18-15(19-10-12)20-6-2-5-14(20)8-17/h1,3-4,7,9-10,14H,2,5-6,8,17H2. The molecule has 20 heavy (non-hydrogen) atoms. The van der Waals surface area contributed by atoms with E-state index in [1.165, 1.54) is 6.42 Å². The largest absolute Gasteiger partial charge is 0.337 e. The summed E-state index contributed by atoms with van der Waals surface area (Å²) < 4.78 is 1.06. The smallest absolute Gasteiger partial charge is 0.225 e. The monoisotopic (exact) mass is 332 g/mol. The Kier molecular flexibility index (Phi) is 3.98. The second kappa shape index (κ2) is 5.89. The summed E-state index contributed by atoms with van der Waals surface area (Å²) in [6.45, 7) is 1.66. The van der Waals surface area contributed by atoms with Gasteiger partial charge in [-0.2, -0.15) is 0 Å². The predicted molar refractivity (Wildman–Crippen MR) is 84.6 cm³/mol. The molecule has 0 amide bonds. The maximum Gasteiger partial charge on any atom is 0.225 e. The lowest BCUT2D eigenvalue weighted by atomic mass is 10.1. The molecule has 0 bridgehead atoms. The van der Waals surface area contributed by atoms with Gasteiger partial charge in [-0.3, -0.25) is 0 Å². The van der Waals surface area contributed by atoms with Gasteiger partial charge in [0, 0.05) is 41.6 Å². The number of aromatic nitrogens is 2. The first-order valence-electron chi connectivity index (χ1n) is 6.82. The molecule has 0 radical (unpaired) electrons. The maximum absolute atomic E-state index is 5.80. The first-order valence-corrected chi connectivity index (χ1v) is 7.62. The average molecular weight is 333 g/mol. The third-order valence-electron chi connectivity index (χ3n) is 3.70. The van der Waals surface area contributed by atoms with Gasteiger partial charge in [-0.15, -0.1) is 0 Å². The van der Waals surface area contributed by atoms with E-state index in [0.29, 0.717) is 12.6 Å². The topological polar surface area (TPSA) is 55.0 Å². The molecule has 104 valence electrons. The minimum atomic E-state index is 0.381. The summed E-state index contributed by atoms with van der Waals surface area (Å²) in [5.74, 6) is 0.789. The van der Waals surface area contributed by atoms with E-state index in [9.17, 15) is 0 Å². The van der Waals surface area contributed by atoms with Crippen LogP contribution in [0.5, 0.6) is 0 Å². The van der Waals surface area contributed by atoms with Crippen molar-refractivity contribution in [3.8, 4) is 11.1 Å². The number of hydrogen-bond donors (Lipinski definition) is 1. The molecule has 1 aromatic carbocycles. The van der Waals surface area contributed by atoms with Crippen molar-refractivity contribution in [2.75, 3.05) is 18.0 Å². The molecule has 1 atom stereocenters. The molecule has 1 fully saturated rings. The van der Waals surface area contributed by atoms with Crippen LogP contribution in [0.1, 0.15) is 12.8 Å². The van der Waals surface area contributed by atoms with Crippen LogP contribution in [0.25, 0.3) is 11.1 Å². The molecule has 1 aliphatic rings. The Morgan fingerprint density at radius 1 is 1.25 bits per heavy atom. The highest BCUT2D eigenvalue weighted by Gasteiger charge is 2.25. The zero-order valence-electron chi connectivity index (χ0n) is 11.2. The van der Waals surface area contributed by atoms with Gasteiger partial charge in [0.15, 0.2) is 0 Å². The summed E-state index contributed by atoms with van der Waals surface area (Å²) in [5.41, 5.74) is 7.94. The van der Waals surface area contributed by atoms with Crippen LogP contribution >= 0.6 is 15.9 Å². The molecule has 0 aliphatic carbocycles. The first kappa shape index (κ1) is 13.5. The van der Waals surface area contributed by atoms with Gasteiger partial charge in [0.05, 0.1) is 0 Å². The van der Waals surface area contributed by atoms with Crippen LogP contribution in [-0.4, -0.2) is 29.1 Å². The zero-order valence-corrected chi connectivity index (χ0v) is 12.8. The predicted octanol–water partition coefficient (Wildman–Crippen LogP) is 2.83. The molecule has 3 rings (SSSR count). The zero-order chi connectivity index (χ0) is 13.9. The summed E-state index contributed by atoms with van der Waals surface area (Å²) in [5, 5.41) is 0. The van der Waals surface area contributed by atoms with Crippen molar-refractivity contribution in [3.63, 3.8) is 0 Å². The van der Waals surface area contributed by atoms with Gasteiger partial charge in [0.2, 0.25) is 5.95 Å². The Bertz CT molecular complexity index is 585. The molecule has 4 nitrogen and oxygen atoms in total. The molecule has 1 aliphatic heterocycles. The lowest BCUT2D eigenvalue weighted by molar-refractivity contribution is 0.664.